The molecule has 0 unspecified atom stereocenters. The maximum absolute atomic E-state index is 4.85. The summed E-state index contributed by atoms with van der Waals surface area (Å²) in [4.78, 5) is 0. The third-order valence-electron chi connectivity index (χ3n) is 0.0333. The summed E-state index contributed by atoms with van der Waals surface area (Å²) in [6, 6.07) is 0. The zero-order chi connectivity index (χ0) is 6.12. The summed E-state index contributed by atoms with van der Waals surface area (Å²) < 4.78 is 0. The summed E-state index contributed by atoms with van der Waals surface area (Å²) in [6.45, 7) is 2.65. The average molecular weight is 175 g/mol. The van der Waals surface area contributed by atoms with Gasteiger partial charge in [0, 0.05) is 0 Å². The van der Waals surface area contributed by atoms with E-state index in [1.807, 2.05) is 6.92 Å². The molecule has 1 nitrogen and oxygen atoms in total. The fourth-order valence-electron chi connectivity index (χ4n) is 0. The topological polar surface area (TPSA) is 26.0 Å². The number of hydrogen-bond acceptors (Lipinski definition) is 5. The van der Waals surface area contributed by atoms with Crippen molar-refractivity contribution in [3.8, 4) is 0 Å². The van der Waals surface area contributed by atoms with Crippen LogP contribution in [0.3, 0.4) is 0 Å². The van der Waals surface area contributed by atoms with Crippen LogP contribution in [0, 0.1) is 0 Å². The van der Waals surface area contributed by atoms with Gasteiger partial charge < -0.3 is 5.73 Å². The molecule has 0 saturated carbocycles. The maximum atomic E-state index is 4.85. The molecule has 0 spiro atoms. The summed E-state index contributed by atoms with van der Waals surface area (Å²) in [5.41, 5.74) is 4.85. The van der Waals surface area contributed by atoms with Crippen LogP contribution in [0.5, 0.6) is 0 Å². The zero-order valence-corrected chi connectivity index (χ0v) is 7.42. The van der Waals surface area contributed by atoms with Gasteiger partial charge in [-0.1, -0.05) is 30.2 Å². The van der Waals surface area contributed by atoms with E-state index in [2.05, 4.69) is 23.3 Å². The molecular formula is C2H9NS4. The fourth-order valence-corrected chi connectivity index (χ4v) is 0. The highest BCUT2D eigenvalue weighted by Gasteiger charge is 1.58. The Kier molecular flexibility index (Phi) is 25.0. The van der Waals surface area contributed by atoms with Crippen LogP contribution >= 0.6 is 43.0 Å². The van der Waals surface area contributed by atoms with Crippen molar-refractivity contribution in [1.29, 1.82) is 0 Å². The highest BCUT2D eigenvalue weighted by molar-refractivity contribution is 9.21. The van der Waals surface area contributed by atoms with Crippen LogP contribution in [-0.2, 0) is 0 Å². The van der Waals surface area contributed by atoms with Crippen LogP contribution in [-0.4, -0.2) is 6.54 Å². The van der Waals surface area contributed by atoms with Gasteiger partial charge in [0.2, 0.25) is 0 Å². The first-order valence-electron chi connectivity index (χ1n) is 1.65. The first-order valence-corrected chi connectivity index (χ1v) is 5.90. The molecular weight excluding hydrogens is 166 g/mol. The molecule has 46 valence electrons. The largest absolute Gasteiger partial charge is 0.331 e. The SMILES string of the molecule is CCN.SSSS. The summed E-state index contributed by atoms with van der Waals surface area (Å²) in [5, 5.41) is 0. The lowest BCUT2D eigenvalue weighted by atomic mass is 10.8. The summed E-state index contributed by atoms with van der Waals surface area (Å²) >= 11 is 7.45. The smallest absolute Gasteiger partial charge is 0.0106 e. The van der Waals surface area contributed by atoms with Crippen molar-refractivity contribution in [1.82, 2.24) is 0 Å². The van der Waals surface area contributed by atoms with E-state index in [-0.39, 0.29) is 0 Å². The van der Waals surface area contributed by atoms with Gasteiger partial charge in [-0.05, 0) is 26.2 Å². The van der Waals surface area contributed by atoms with Gasteiger partial charge in [0.25, 0.3) is 0 Å². The second-order valence-electron chi connectivity index (χ2n) is 0.557. The Bertz CT molecular complexity index is 17.2. The minimum absolute atomic E-state index is 0.750. The van der Waals surface area contributed by atoms with Crippen molar-refractivity contribution in [3.05, 3.63) is 0 Å². The predicted molar refractivity (Wildman–Crippen MR) is 47.9 cm³/mol. The van der Waals surface area contributed by atoms with Crippen molar-refractivity contribution in [2.45, 2.75) is 6.92 Å². The maximum Gasteiger partial charge on any atom is -0.0106 e. The van der Waals surface area contributed by atoms with E-state index in [9.17, 15) is 0 Å². The molecule has 0 aromatic carbocycles. The van der Waals surface area contributed by atoms with Gasteiger partial charge >= 0.3 is 0 Å². The van der Waals surface area contributed by atoms with E-state index in [1.54, 1.807) is 0 Å². The van der Waals surface area contributed by atoms with E-state index in [0.717, 1.165) is 6.54 Å². The molecule has 0 bridgehead atoms. The standard InChI is InChI=1S/C2H7N.H2S4/c1-2-3;1-3-4-2/h2-3H2,1H3;1-2H. The minimum Gasteiger partial charge on any atom is -0.331 e. The van der Waals surface area contributed by atoms with Crippen LogP contribution in [0.15, 0.2) is 0 Å². The van der Waals surface area contributed by atoms with Crippen molar-refractivity contribution in [2.24, 2.45) is 5.73 Å². The molecule has 0 aromatic heterocycles. The number of thiol groups is 2. The highest BCUT2D eigenvalue weighted by Crippen LogP contribution is 2.27. The van der Waals surface area contributed by atoms with Crippen LogP contribution in [0.25, 0.3) is 0 Å². The van der Waals surface area contributed by atoms with Crippen molar-refractivity contribution < 1.29 is 0 Å². The van der Waals surface area contributed by atoms with Crippen molar-refractivity contribution in [2.75, 3.05) is 6.54 Å². The Labute approximate surface area is 62.2 Å². The van der Waals surface area contributed by atoms with Gasteiger partial charge in [-0.15, -0.1) is 0 Å². The molecule has 7 heavy (non-hydrogen) atoms. The van der Waals surface area contributed by atoms with E-state index in [1.165, 1.54) is 19.7 Å². The highest BCUT2D eigenvalue weighted by atomic mass is 33.7. The number of hydrogen-bond donors (Lipinski definition) is 3. The fraction of sp³-hybridized carbons (Fsp3) is 1.00. The third kappa shape index (κ3) is 38.0. The first kappa shape index (κ1) is 11.2. The van der Waals surface area contributed by atoms with Crippen LogP contribution < -0.4 is 5.73 Å². The molecule has 0 heterocycles. The van der Waals surface area contributed by atoms with Gasteiger partial charge in [0.05, 0.1) is 0 Å². The van der Waals surface area contributed by atoms with Crippen molar-refractivity contribution >= 4 is 43.0 Å². The third-order valence-corrected chi connectivity index (χ3v) is 2.70. The second kappa shape index (κ2) is 15.7. The molecule has 0 atom stereocenters. The molecule has 0 aromatic rings. The number of rotatable bonds is 1. The minimum atomic E-state index is 0.750. The molecule has 0 rings (SSSR count). The van der Waals surface area contributed by atoms with Gasteiger partial charge in [0.1, 0.15) is 0 Å². The van der Waals surface area contributed by atoms with E-state index in [4.69, 9.17) is 5.73 Å². The van der Waals surface area contributed by atoms with Crippen LogP contribution in [0.1, 0.15) is 6.92 Å². The second-order valence-corrected chi connectivity index (χ2v) is 4.43. The molecule has 0 aliphatic heterocycles. The molecule has 0 amide bonds. The van der Waals surface area contributed by atoms with Gasteiger partial charge in [-0.25, -0.2) is 0 Å². The molecule has 5 heteroatoms. The van der Waals surface area contributed by atoms with Gasteiger partial charge in [0.15, 0.2) is 0 Å². The number of nitrogens with two attached hydrogens (primary N) is 1. The normalized spacial score (nSPS) is 6.86. The van der Waals surface area contributed by atoms with Crippen LogP contribution in [0.2, 0.25) is 0 Å². The Morgan fingerprint density at radius 1 is 1.43 bits per heavy atom. The molecule has 0 aliphatic carbocycles. The predicted octanol–water partition coefficient (Wildman–Crippen LogP) is 2.02. The van der Waals surface area contributed by atoms with E-state index < -0.39 is 0 Å². The van der Waals surface area contributed by atoms with Crippen LogP contribution in [0.4, 0.5) is 0 Å². The monoisotopic (exact) mass is 175 g/mol. The Hall–Kier alpha value is 1.36. The Morgan fingerprint density at radius 2 is 1.57 bits per heavy atom. The average Bonchev–Trinajstić information content (AvgIpc) is 1.69. The molecule has 0 saturated heterocycles. The summed E-state index contributed by atoms with van der Waals surface area (Å²) in [7, 11) is 2.66. The lowest BCUT2D eigenvalue weighted by molar-refractivity contribution is 1.14. The summed E-state index contributed by atoms with van der Waals surface area (Å²) in [6.07, 6.45) is 0. The summed E-state index contributed by atoms with van der Waals surface area (Å²) in [5.74, 6) is 0. The van der Waals surface area contributed by atoms with Gasteiger partial charge in [-0.2, -0.15) is 0 Å². The zero-order valence-electron chi connectivity index (χ0n) is 4.00. The Morgan fingerprint density at radius 3 is 1.57 bits per heavy atom. The molecule has 0 fully saturated rings. The molecule has 0 radical (unpaired) electrons. The lowest BCUT2D eigenvalue weighted by Gasteiger charge is -1.66. The van der Waals surface area contributed by atoms with E-state index >= 15 is 0 Å². The lowest BCUT2D eigenvalue weighted by Crippen LogP contribution is -1.87. The first-order chi connectivity index (χ1) is 3.33. The molecule has 2 N–H and O–H groups in total. The van der Waals surface area contributed by atoms with Crippen molar-refractivity contribution in [3.63, 3.8) is 0 Å². The molecule has 0 aliphatic rings. The van der Waals surface area contributed by atoms with Gasteiger partial charge in [-0.3, -0.25) is 0 Å². The Balaban J connectivity index is 0. The van der Waals surface area contributed by atoms with E-state index in [0.29, 0.717) is 0 Å². The quantitative estimate of drug-likeness (QED) is 0.420.